The number of halogens is 5. The molecule has 0 bridgehead atoms. The molecular formula is C9H7F5O3. The molecule has 0 aromatic heterocycles. The lowest BCUT2D eigenvalue weighted by molar-refractivity contribution is -0.274. The molecule has 0 saturated carbocycles. The monoisotopic (exact) mass is 258 g/mol. The number of ether oxygens (including phenoxy) is 2. The summed E-state index contributed by atoms with van der Waals surface area (Å²) in [5, 5.41) is 8.74. The second kappa shape index (κ2) is 5.17. The number of aliphatic hydroxyl groups is 1. The maximum atomic E-state index is 11.9. The molecule has 8 heteroatoms. The third-order valence-corrected chi connectivity index (χ3v) is 1.58. The summed E-state index contributed by atoms with van der Waals surface area (Å²) < 4.78 is 66.9. The lowest BCUT2D eigenvalue weighted by Crippen LogP contribution is -2.17. The Morgan fingerprint density at radius 3 is 2.18 bits per heavy atom. The Balaban J connectivity index is 2.97. The number of alkyl halides is 5. The normalized spacial score (nSPS) is 11.7. The van der Waals surface area contributed by atoms with Gasteiger partial charge >= 0.3 is 13.0 Å². The first-order valence-electron chi connectivity index (χ1n) is 4.25. The van der Waals surface area contributed by atoms with Crippen LogP contribution in [0.2, 0.25) is 0 Å². The molecular weight excluding hydrogens is 251 g/mol. The maximum Gasteiger partial charge on any atom is 0.573 e. The fourth-order valence-corrected chi connectivity index (χ4v) is 1.09. The van der Waals surface area contributed by atoms with Crippen LogP contribution in [0.1, 0.15) is 5.56 Å². The largest absolute Gasteiger partial charge is 0.573 e. The van der Waals surface area contributed by atoms with E-state index in [2.05, 4.69) is 9.47 Å². The van der Waals surface area contributed by atoms with E-state index in [1.807, 2.05) is 0 Å². The van der Waals surface area contributed by atoms with E-state index in [9.17, 15) is 22.0 Å². The molecule has 0 aliphatic heterocycles. The van der Waals surface area contributed by atoms with Crippen molar-refractivity contribution in [3.05, 3.63) is 23.8 Å². The average Bonchev–Trinajstić information content (AvgIpc) is 2.13. The fraction of sp³-hybridized carbons (Fsp3) is 0.333. The van der Waals surface area contributed by atoms with Crippen LogP contribution in [0.5, 0.6) is 11.5 Å². The van der Waals surface area contributed by atoms with E-state index in [0.29, 0.717) is 6.07 Å². The van der Waals surface area contributed by atoms with Gasteiger partial charge in [-0.05, 0) is 17.7 Å². The van der Waals surface area contributed by atoms with Gasteiger partial charge in [-0.15, -0.1) is 13.2 Å². The van der Waals surface area contributed by atoms with Gasteiger partial charge in [0.05, 0.1) is 6.61 Å². The molecule has 0 saturated heterocycles. The minimum Gasteiger partial charge on any atom is -0.435 e. The molecule has 96 valence electrons. The maximum absolute atomic E-state index is 11.9. The highest BCUT2D eigenvalue weighted by molar-refractivity contribution is 5.38. The van der Waals surface area contributed by atoms with Gasteiger partial charge in [-0.2, -0.15) is 8.78 Å². The van der Waals surface area contributed by atoms with Gasteiger partial charge < -0.3 is 14.6 Å². The molecule has 0 amide bonds. The van der Waals surface area contributed by atoms with Crippen molar-refractivity contribution < 1.29 is 36.5 Å². The van der Waals surface area contributed by atoms with Crippen LogP contribution in [0.15, 0.2) is 18.2 Å². The number of rotatable bonds is 4. The Morgan fingerprint density at radius 2 is 1.71 bits per heavy atom. The summed E-state index contributed by atoms with van der Waals surface area (Å²) >= 11 is 0. The molecule has 0 radical (unpaired) electrons. The second-order valence-electron chi connectivity index (χ2n) is 2.90. The third kappa shape index (κ3) is 4.85. The number of hydrogen-bond donors (Lipinski definition) is 1. The zero-order valence-corrected chi connectivity index (χ0v) is 8.17. The van der Waals surface area contributed by atoms with Crippen molar-refractivity contribution in [3.8, 4) is 11.5 Å². The van der Waals surface area contributed by atoms with E-state index in [4.69, 9.17) is 5.11 Å². The number of benzene rings is 1. The SMILES string of the molecule is OCc1cc(OC(F)F)cc(OC(F)(F)F)c1. The standard InChI is InChI=1S/C9H7F5O3/c10-8(11)16-6-1-5(4-15)2-7(3-6)17-9(12,13)14/h1-3,8,15H,4H2. The van der Waals surface area contributed by atoms with Crippen LogP contribution in [0.4, 0.5) is 22.0 Å². The van der Waals surface area contributed by atoms with Gasteiger partial charge in [0, 0.05) is 6.07 Å². The molecule has 0 aliphatic carbocycles. The van der Waals surface area contributed by atoms with Crippen LogP contribution in [0.3, 0.4) is 0 Å². The van der Waals surface area contributed by atoms with Gasteiger partial charge in [-0.3, -0.25) is 0 Å². The Hall–Kier alpha value is -1.57. The molecule has 1 aromatic rings. The Morgan fingerprint density at radius 1 is 1.12 bits per heavy atom. The van der Waals surface area contributed by atoms with Gasteiger partial charge in [-0.1, -0.05) is 0 Å². The van der Waals surface area contributed by atoms with Crippen molar-refractivity contribution in [2.24, 2.45) is 0 Å². The minimum atomic E-state index is -4.95. The highest BCUT2D eigenvalue weighted by Crippen LogP contribution is 2.28. The summed E-state index contributed by atoms with van der Waals surface area (Å²) in [6, 6.07) is 2.50. The average molecular weight is 258 g/mol. The summed E-state index contributed by atoms with van der Waals surface area (Å²) in [6.45, 7) is -3.81. The number of aliphatic hydroxyl groups excluding tert-OH is 1. The van der Waals surface area contributed by atoms with Crippen molar-refractivity contribution in [2.75, 3.05) is 0 Å². The Bertz CT molecular complexity index is 377. The summed E-state index contributed by atoms with van der Waals surface area (Å²) in [5.74, 6) is -1.26. The van der Waals surface area contributed by atoms with E-state index in [-0.39, 0.29) is 5.56 Å². The van der Waals surface area contributed by atoms with Crippen molar-refractivity contribution in [1.29, 1.82) is 0 Å². The molecule has 0 fully saturated rings. The topological polar surface area (TPSA) is 38.7 Å². The molecule has 0 heterocycles. The predicted molar refractivity (Wildman–Crippen MR) is 45.7 cm³/mol. The molecule has 3 nitrogen and oxygen atoms in total. The van der Waals surface area contributed by atoms with E-state index in [0.717, 1.165) is 12.1 Å². The lowest BCUT2D eigenvalue weighted by atomic mass is 10.2. The molecule has 0 aliphatic rings. The molecule has 1 N–H and O–H groups in total. The quantitative estimate of drug-likeness (QED) is 0.844. The minimum absolute atomic E-state index is 0.0394. The van der Waals surface area contributed by atoms with Gasteiger partial charge in [-0.25, -0.2) is 0 Å². The Labute approximate surface area is 92.4 Å². The zero-order chi connectivity index (χ0) is 13.1. The first-order valence-corrected chi connectivity index (χ1v) is 4.25. The van der Waals surface area contributed by atoms with Crippen LogP contribution in [-0.4, -0.2) is 18.1 Å². The van der Waals surface area contributed by atoms with Crippen LogP contribution in [-0.2, 0) is 6.61 Å². The van der Waals surface area contributed by atoms with E-state index in [1.54, 1.807) is 0 Å². The highest BCUT2D eigenvalue weighted by atomic mass is 19.4. The van der Waals surface area contributed by atoms with E-state index < -0.39 is 31.1 Å². The number of hydrogen-bond acceptors (Lipinski definition) is 3. The first-order chi connectivity index (χ1) is 7.80. The summed E-state index contributed by atoms with van der Waals surface area (Å²) in [4.78, 5) is 0. The summed E-state index contributed by atoms with van der Waals surface area (Å²) in [7, 11) is 0. The highest BCUT2D eigenvalue weighted by Gasteiger charge is 2.31. The van der Waals surface area contributed by atoms with Gasteiger partial charge in [0.25, 0.3) is 0 Å². The van der Waals surface area contributed by atoms with Crippen LogP contribution in [0, 0.1) is 0 Å². The van der Waals surface area contributed by atoms with Crippen molar-refractivity contribution in [2.45, 2.75) is 19.6 Å². The molecule has 1 rings (SSSR count). The molecule has 0 spiro atoms. The summed E-state index contributed by atoms with van der Waals surface area (Å²) in [5.41, 5.74) is -0.0394. The first kappa shape index (κ1) is 13.5. The van der Waals surface area contributed by atoms with Gasteiger partial charge in [0.2, 0.25) is 0 Å². The zero-order valence-electron chi connectivity index (χ0n) is 8.17. The van der Waals surface area contributed by atoms with E-state index >= 15 is 0 Å². The predicted octanol–water partition coefficient (Wildman–Crippen LogP) is 2.68. The summed E-state index contributed by atoms with van der Waals surface area (Å²) in [6.07, 6.45) is -4.95. The van der Waals surface area contributed by atoms with Crippen molar-refractivity contribution in [1.82, 2.24) is 0 Å². The van der Waals surface area contributed by atoms with Crippen LogP contribution >= 0.6 is 0 Å². The van der Waals surface area contributed by atoms with Crippen LogP contribution in [0.25, 0.3) is 0 Å². The van der Waals surface area contributed by atoms with Crippen LogP contribution < -0.4 is 9.47 Å². The third-order valence-electron chi connectivity index (χ3n) is 1.58. The smallest absolute Gasteiger partial charge is 0.435 e. The molecule has 0 atom stereocenters. The van der Waals surface area contributed by atoms with Gasteiger partial charge in [0.15, 0.2) is 0 Å². The van der Waals surface area contributed by atoms with E-state index in [1.165, 1.54) is 0 Å². The lowest BCUT2D eigenvalue weighted by Gasteiger charge is -2.12. The molecule has 1 aromatic carbocycles. The van der Waals surface area contributed by atoms with Crippen molar-refractivity contribution >= 4 is 0 Å². The van der Waals surface area contributed by atoms with Crippen molar-refractivity contribution in [3.63, 3.8) is 0 Å². The second-order valence-corrected chi connectivity index (χ2v) is 2.90. The Kier molecular flexibility index (Phi) is 4.11. The van der Waals surface area contributed by atoms with Gasteiger partial charge in [0.1, 0.15) is 11.5 Å². The fourth-order valence-electron chi connectivity index (χ4n) is 1.09. The molecule has 0 unspecified atom stereocenters. The molecule has 17 heavy (non-hydrogen) atoms.